The average molecular weight is 327 g/mol. The molecule has 0 bridgehead atoms. The molecule has 1 N–H and O–H groups in total. The molecule has 24 heavy (non-hydrogen) atoms. The number of rotatable bonds is 4. The van der Waals surface area contributed by atoms with Gasteiger partial charge < -0.3 is 24.3 Å². The standard InChI is InChI=1S/C19H21NO4/c1-21-17-10-13(11-18-19(17)24-9-8-23-18)12-20-15-6-7-22-16-5-3-2-4-14(15)16/h2-5,10-11,15,20H,6-9,12H2,1H3/t15-/m0/s1. The second-order valence-electron chi connectivity index (χ2n) is 5.93. The van der Waals surface area contributed by atoms with Crippen LogP contribution in [0.2, 0.25) is 0 Å². The first-order valence-electron chi connectivity index (χ1n) is 8.27. The van der Waals surface area contributed by atoms with Gasteiger partial charge >= 0.3 is 0 Å². The van der Waals surface area contributed by atoms with E-state index < -0.39 is 0 Å². The highest BCUT2D eigenvalue weighted by molar-refractivity contribution is 5.54. The van der Waals surface area contributed by atoms with Gasteiger partial charge in [-0.05, 0) is 23.8 Å². The van der Waals surface area contributed by atoms with Crippen LogP contribution in [-0.2, 0) is 6.54 Å². The van der Waals surface area contributed by atoms with E-state index in [0.29, 0.717) is 19.0 Å². The Morgan fingerprint density at radius 3 is 2.79 bits per heavy atom. The van der Waals surface area contributed by atoms with Crippen molar-refractivity contribution in [3.8, 4) is 23.0 Å². The molecule has 0 saturated heterocycles. The van der Waals surface area contributed by atoms with Gasteiger partial charge in [0.1, 0.15) is 19.0 Å². The second kappa shape index (κ2) is 6.61. The first-order valence-corrected chi connectivity index (χ1v) is 8.27. The van der Waals surface area contributed by atoms with Crippen LogP contribution in [0.4, 0.5) is 0 Å². The molecular formula is C19H21NO4. The lowest BCUT2D eigenvalue weighted by Gasteiger charge is -2.27. The number of hydrogen-bond acceptors (Lipinski definition) is 5. The van der Waals surface area contributed by atoms with Crippen LogP contribution in [0.25, 0.3) is 0 Å². The molecule has 0 fully saturated rings. The first kappa shape index (κ1) is 15.1. The average Bonchev–Trinajstić information content (AvgIpc) is 2.65. The molecule has 2 heterocycles. The molecule has 0 aromatic heterocycles. The fourth-order valence-electron chi connectivity index (χ4n) is 3.22. The number of nitrogens with one attached hydrogen (secondary N) is 1. The van der Waals surface area contributed by atoms with E-state index in [1.54, 1.807) is 7.11 Å². The van der Waals surface area contributed by atoms with Crippen LogP contribution < -0.4 is 24.3 Å². The summed E-state index contributed by atoms with van der Waals surface area (Å²) in [6.45, 7) is 2.59. The minimum atomic E-state index is 0.286. The Bertz CT molecular complexity index is 714. The lowest BCUT2D eigenvalue weighted by atomic mass is 10.0. The molecule has 0 amide bonds. The zero-order valence-corrected chi connectivity index (χ0v) is 13.7. The highest BCUT2D eigenvalue weighted by Crippen LogP contribution is 2.40. The van der Waals surface area contributed by atoms with E-state index >= 15 is 0 Å². The number of fused-ring (bicyclic) bond motifs is 2. The molecule has 5 heteroatoms. The largest absolute Gasteiger partial charge is 0.493 e. The molecule has 126 valence electrons. The van der Waals surface area contributed by atoms with Crippen molar-refractivity contribution in [2.45, 2.75) is 19.0 Å². The van der Waals surface area contributed by atoms with Crippen molar-refractivity contribution in [3.05, 3.63) is 47.5 Å². The summed E-state index contributed by atoms with van der Waals surface area (Å²) >= 11 is 0. The predicted octanol–water partition coefficient (Wildman–Crippen LogP) is 3.08. The summed E-state index contributed by atoms with van der Waals surface area (Å²) in [7, 11) is 1.65. The van der Waals surface area contributed by atoms with Gasteiger partial charge in [0.2, 0.25) is 5.75 Å². The Morgan fingerprint density at radius 1 is 1.04 bits per heavy atom. The number of benzene rings is 2. The van der Waals surface area contributed by atoms with E-state index in [4.69, 9.17) is 18.9 Å². The Hall–Kier alpha value is -2.40. The summed E-state index contributed by atoms with van der Waals surface area (Å²) in [6, 6.07) is 12.5. The molecule has 4 rings (SSSR count). The maximum atomic E-state index is 5.72. The SMILES string of the molecule is COc1cc(CN[C@H]2CCOc3ccccc32)cc2c1OCCO2. The van der Waals surface area contributed by atoms with Crippen LogP contribution in [0.15, 0.2) is 36.4 Å². The third-order valence-electron chi connectivity index (χ3n) is 4.40. The maximum absolute atomic E-state index is 5.72. The van der Waals surface area contributed by atoms with Gasteiger partial charge in [-0.25, -0.2) is 0 Å². The van der Waals surface area contributed by atoms with Crippen molar-refractivity contribution in [3.63, 3.8) is 0 Å². The predicted molar refractivity (Wildman–Crippen MR) is 90.1 cm³/mol. The van der Waals surface area contributed by atoms with E-state index in [1.165, 1.54) is 5.56 Å². The molecule has 5 nitrogen and oxygen atoms in total. The van der Waals surface area contributed by atoms with E-state index in [2.05, 4.69) is 17.4 Å². The molecule has 2 aromatic carbocycles. The lowest BCUT2D eigenvalue weighted by molar-refractivity contribution is 0.165. The van der Waals surface area contributed by atoms with Gasteiger partial charge in [-0.1, -0.05) is 18.2 Å². The summed E-state index contributed by atoms with van der Waals surface area (Å²) in [4.78, 5) is 0. The van der Waals surface area contributed by atoms with Gasteiger partial charge in [-0.3, -0.25) is 0 Å². The highest BCUT2D eigenvalue weighted by atomic mass is 16.6. The minimum absolute atomic E-state index is 0.286. The molecule has 0 spiro atoms. The number of para-hydroxylation sites is 1. The molecule has 2 aliphatic rings. The Labute approximate surface area is 141 Å². The van der Waals surface area contributed by atoms with E-state index in [1.807, 2.05) is 24.3 Å². The fraction of sp³-hybridized carbons (Fsp3) is 0.368. The van der Waals surface area contributed by atoms with E-state index in [0.717, 1.165) is 42.4 Å². The molecule has 2 aliphatic heterocycles. The Kier molecular flexibility index (Phi) is 4.17. The summed E-state index contributed by atoms with van der Waals surface area (Å²) in [5.41, 5.74) is 2.33. The van der Waals surface area contributed by atoms with Gasteiger partial charge in [0, 0.05) is 24.6 Å². The number of methoxy groups -OCH3 is 1. The third-order valence-corrected chi connectivity index (χ3v) is 4.40. The molecule has 0 saturated carbocycles. The maximum Gasteiger partial charge on any atom is 0.203 e. The van der Waals surface area contributed by atoms with Crippen LogP contribution in [-0.4, -0.2) is 26.9 Å². The van der Waals surface area contributed by atoms with Gasteiger partial charge in [0.05, 0.1) is 13.7 Å². The third kappa shape index (κ3) is 2.87. The van der Waals surface area contributed by atoms with Gasteiger partial charge in [-0.15, -0.1) is 0 Å². The van der Waals surface area contributed by atoms with Crippen molar-refractivity contribution in [2.75, 3.05) is 26.9 Å². The van der Waals surface area contributed by atoms with Gasteiger partial charge in [0.25, 0.3) is 0 Å². The lowest BCUT2D eigenvalue weighted by Crippen LogP contribution is -2.26. The highest BCUT2D eigenvalue weighted by Gasteiger charge is 2.22. The van der Waals surface area contributed by atoms with Crippen molar-refractivity contribution < 1.29 is 18.9 Å². The van der Waals surface area contributed by atoms with Crippen molar-refractivity contribution >= 4 is 0 Å². The molecule has 1 atom stereocenters. The van der Waals surface area contributed by atoms with Crippen LogP contribution >= 0.6 is 0 Å². The smallest absolute Gasteiger partial charge is 0.203 e. The first-order chi connectivity index (χ1) is 11.8. The molecule has 2 aromatic rings. The summed E-state index contributed by atoms with van der Waals surface area (Å²) in [6.07, 6.45) is 0.957. The van der Waals surface area contributed by atoms with Crippen molar-refractivity contribution in [1.29, 1.82) is 0 Å². The Morgan fingerprint density at radius 2 is 1.88 bits per heavy atom. The molecular weight excluding hydrogens is 306 g/mol. The van der Waals surface area contributed by atoms with Crippen LogP contribution in [0.3, 0.4) is 0 Å². The van der Waals surface area contributed by atoms with E-state index in [-0.39, 0.29) is 6.04 Å². The molecule has 0 aliphatic carbocycles. The van der Waals surface area contributed by atoms with Crippen molar-refractivity contribution in [1.82, 2.24) is 5.32 Å². The quantitative estimate of drug-likeness (QED) is 0.935. The van der Waals surface area contributed by atoms with Crippen LogP contribution in [0.5, 0.6) is 23.0 Å². The fourth-order valence-corrected chi connectivity index (χ4v) is 3.22. The monoisotopic (exact) mass is 327 g/mol. The van der Waals surface area contributed by atoms with Crippen molar-refractivity contribution in [2.24, 2.45) is 0 Å². The van der Waals surface area contributed by atoms with Gasteiger partial charge in [-0.2, -0.15) is 0 Å². The summed E-state index contributed by atoms with van der Waals surface area (Å²) in [5, 5.41) is 3.62. The summed E-state index contributed by atoms with van der Waals surface area (Å²) in [5.74, 6) is 3.14. The second-order valence-corrected chi connectivity index (χ2v) is 5.93. The number of hydrogen-bond donors (Lipinski definition) is 1. The summed E-state index contributed by atoms with van der Waals surface area (Å²) < 4.78 is 22.5. The van der Waals surface area contributed by atoms with Crippen LogP contribution in [0, 0.1) is 0 Å². The zero-order valence-electron chi connectivity index (χ0n) is 13.7. The van der Waals surface area contributed by atoms with Crippen LogP contribution in [0.1, 0.15) is 23.6 Å². The topological polar surface area (TPSA) is 49.0 Å². The van der Waals surface area contributed by atoms with E-state index in [9.17, 15) is 0 Å². The zero-order chi connectivity index (χ0) is 16.4. The molecule has 0 radical (unpaired) electrons. The number of ether oxygens (including phenoxy) is 4. The minimum Gasteiger partial charge on any atom is -0.493 e. The van der Waals surface area contributed by atoms with Gasteiger partial charge in [0.15, 0.2) is 11.5 Å². The normalized spacial score (nSPS) is 18.5. The molecule has 0 unspecified atom stereocenters. The Balaban J connectivity index is 1.52.